The third-order valence-corrected chi connectivity index (χ3v) is 7.53. The average Bonchev–Trinajstić information content (AvgIpc) is 3.26. The van der Waals surface area contributed by atoms with Crippen LogP contribution in [0.15, 0.2) is 30.6 Å². The van der Waals surface area contributed by atoms with Crippen molar-refractivity contribution in [3.05, 3.63) is 47.5 Å². The number of fused-ring (bicyclic) bond motifs is 3. The topological polar surface area (TPSA) is 153 Å². The first-order chi connectivity index (χ1) is 16.8. The van der Waals surface area contributed by atoms with Crippen LogP contribution in [-0.2, 0) is 33.2 Å². The van der Waals surface area contributed by atoms with Crippen LogP contribution in [0, 0.1) is 6.92 Å². The van der Waals surface area contributed by atoms with Gasteiger partial charge in [-0.3, -0.25) is 14.5 Å². The largest absolute Gasteiger partial charge is 0.383 e. The SMILES string of the molecule is C=S1(=O)Cc2ncc(-c3cc4cc(Nc5cc6n(n5)CC(=O)NCC6)ncc4c(N)n3)c(C)c2N1. The van der Waals surface area contributed by atoms with Gasteiger partial charge in [-0.1, -0.05) is 0 Å². The van der Waals surface area contributed by atoms with Crippen molar-refractivity contribution in [2.24, 2.45) is 0 Å². The van der Waals surface area contributed by atoms with Gasteiger partial charge in [-0.05, 0) is 35.9 Å². The van der Waals surface area contributed by atoms with Crippen LogP contribution in [0.5, 0.6) is 0 Å². The number of anilines is 4. The van der Waals surface area contributed by atoms with Gasteiger partial charge in [-0.25, -0.2) is 14.2 Å². The van der Waals surface area contributed by atoms with E-state index in [0.29, 0.717) is 41.9 Å². The summed E-state index contributed by atoms with van der Waals surface area (Å²) in [6.07, 6.45) is 4.12. The number of nitrogen functional groups attached to an aromatic ring is 1. The lowest BCUT2D eigenvalue weighted by Crippen LogP contribution is -2.25. The maximum absolute atomic E-state index is 12.4. The molecule has 0 bridgehead atoms. The molecule has 11 nitrogen and oxygen atoms in total. The molecular formula is C23H23N9O2S. The molecule has 6 rings (SSSR count). The van der Waals surface area contributed by atoms with Crippen molar-refractivity contribution in [2.45, 2.75) is 25.6 Å². The van der Waals surface area contributed by atoms with Crippen molar-refractivity contribution < 1.29 is 9.00 Å². The van der Waals surface area contributed by atoms with E-state index in [1.165, 1.54) is 0 Å². The van der Waals surface area contributed by atoms with Crippen LogP contribution in [0.4, 0.5) is 23.1 Å². The molecule has 2 aliphatic rings. The van der Waals surface area contributed by atoms with E-state index in [-0.39, 0.29) is 12.5 Å². The molecule has 0 saturated carbocycles. The van der Waals surface area contributed by atoms with Gasteiger partial charge in [0.15, 0.2) is 5.82 Å². The van der Waals surface area contributed by atoms with Crippen molar-refractivity contribution in [3.8, 4) is 11.3 Å². The second kappa shape index (κ2) is 7.67. The molecule has 1 amide bonds. The molecule has 4 aromatic heterocycles. The molecule has 0 aliphatic carbocycles. The number of aromatic nitrogens is 5. The molecule has 1 unspecified atom stereocenters. The number of hydrogen-bond acceptors (Lipinski definition) is 8. The zero-order valence-electron chi connectivity index (χ0n) is 19.0. The summed E-state index contributed by atoms with van der Waals surface area (Å²) in [7, 11) is -2.42. The van der Waals surface area contributed by atoms with Gasteiger partial charge in [0.25, 0.3) is 0 Å². The van der Waals surface area contributed by atoms with Gasteiger partial charge in [0.05, 0.1) is 32.5 Å². The fourth-order valence-electron chi connectivity index (χ4n) is 4.49. The standard InChI is InChI=1S/C23H23N9O2S/c1-12-15(8-26-18-11-35(2,34)31-22(12)18)17-5-13-6-19(27-9-16(13)23(24)28-17)29-20-7-14-3-4-25-21(33)10-32(14)30-20/h5-9H,2-4,10-11H2,1H3,(H2,24,28)(H,25,33)(H,31,34)(H,27,29,30). The van der Waals surface area contributed by atoms with E-state index in [9.17, 15) is 9.00 Å². The van der Waals surface area contributed by atoms with E-state index in [1.807, 2.05) is 25.1 Å². The Morgan fingerprint density at radius 3 is 2.91 bits per heavy atom. The highest BCUT2D eigenvalue weighted by Crippen LogP contribution is 2.36. The van der Waals surface area contributed by atoms with Crippen molar-refractivity contribution >= 4 is 55.4 Å². The highest BCUT2D eigenvalue weighted by Gasteiger charge is 2.24. The highest BCUT2D eigenvalue weighted by atomic mass is 32.2. The molecule has 0 saturated heterocycles. The van der Waals surface area contributed by atoms with Crippen LogP contribution < -0.4 is 21.1 Å². The van der Waals surface area contributed by atoms with Crippen LogP contribution in [0.3, 0.4) is 0 Å². The van der Waals surface area contributed by atoms with E-state index < -0.39 is 9.71 Å². The van der Waals surface area contributed by atoms with E-state index in [4.69, 9.17) is 5.73 Å². The molecule has 1 atom stereocenters. The van der Waals surface area contributed by atoms with Gasteiger partial charge in [-0.15, -0.1) is 0 Å². The first kappa shape index (κ1) is 21.4. The zero-order chi connectivity index (χ0) is 24.3. The number of nitrogens with one attached hydrogen (secondary N) is 3. The molecule has 0 radical (unpaired) electrons. The minimum Gasteiger partial charge on any atom is -0.383 e. The van der Waals surface area contributed by atoms with Crippen molar-refractivity contribution in [1.29, 1.82) is 0 Å². The van der Waals surface area contributed by atoms with E-state index in [2.05, 4.69) is 41.3 Å². The molecule has 0 aromatic carbocycles. The fraction of sp³-hybridized carbons (Fsp3) is 0.217. The number of rotatable bonds is 3. The second-order valence-electron chi connectivity index (χ2n) is 8.76. The summed E-state index contributed by atoms with van der Waals surface area (Å²) >= 11 is 0. The Balaban J connectivity index is 1.36. The van der Waals surface area contributed by atoms with Crippen LogP contribution in [0.2, 0.25) is 0 Å². The number of nitrogens with zero attached hydrogens (tertiary/aromatic N) is 5. The summed E-state index contributed by atoms with van der Waals surface area (Å²) in [6, 6.07) is 5.73. The van der Waals surface area contributed by atoms with Gasteiger partial charge in [-0.2, -0.15) is 5.10 Å². The lowest BCUT2D eigenvalue weighted by Gasteiger charge is -2.12. The normalized spacial score (nSPS) is 18.9. The Kier molecular flexibility index (Phi) is 4.68. The van der Waals surface area contributed by atoms with Crippen LogP contribution >= 0.6 is 0 Å². The van der Waals surface area contributed by atoms with E-state index >= 15 is 0 Å². The Labute approximate surface area is 201 Å². The second-order valence-corrected chi connectivity index (χ2v) is 10.9. The molecular weight excluding hydrogens is 466 g/mol. The van der Waals surface area contributed by atoms with Crippen LogP contribution in [0.1, 0.15) is 17.0 Å². The average molecular weight is 490 g/mol. The van der Waals surface area contributed by atoms with Crippen molar-refractivity contribution in [1.82, 2.24) is 30.0 Å². The van der Waals surface area contributed by atoms with Crippen LogP contribution in [-0.4, -0.2) is 47.3 Å². The molecule has 2 aliphatic heterocycles. The maximum atomic E-state index is 12.4. The Hall–Kier alpha value is -4.19. The molecule has 5 N–H and O–H groups in total. The van der Waals surface area contributed by atoms with Crippen LogP contribution in [0.25, 0.3) is 22.0 Å². The third-order valence-electron chi connectivity index (χ3n) is 6.21. The molecule has 0 fully saturated rings. The maximum Gasteiger partial charge on any atom is 0.241 e. The summed E-state index contributed by atoms with van der Waals surface area (Å²) in [6.45, 7) is 2.72. The highest BCUT2D eigenvalue weighted by molar-refractivity contribution is 8.01. The van der Waals surface area contributed by atoms with E-state index in [0.717, 1.165) is 39.0 Å². The molecule has 35 heavy (non-hydrogen) atoms. The Bertz CT molecular complexity index is 1640. The molecule has 6 heterocycles. The summed E-state index contributed by atoms with van der Waals surface area (Å²) in [5, 5.41) is 12.1. The zero-order valence-corrected chi connectivity index (χ0v) is 19.8. The number of carbonyl (C=O) groups excluding carboxylic acids is 1. The number of pyridine rings is 3. The predicted octanol–water partition coefficient (Wildman–Crippen LogP) is 1.75. The van der Waals surface area contributed by atoms with Gasteiger partial charge >= 0.3 is 0 Å². The quantitative estimate of drug-likeness (QED) is 0.318. The minimum atomic E-state index is -2.42. The number of nitrogens with two attached hydrogens (primary N) is 1. The van der Waals surface area contributed by atoms with Gasteiger partial charge < -0.3 is 21.1 Å². The summed E-state index contributed by atoms with van der Waals surface area (Å²) in [5.74, 6) is 5.57. The molecule has 12 heteroatoms. The Morgan fingerprint density at radius 1 is 1.20 bits per heavy atom. The molecule has 4 aromatic rings. The number of carbonyl (C=O) groups is 1. The number of amides is 1. The number of hydrogen-bond donors (Lipinski definition) is 4. The third kappa shape index (κ3) is 3.81. The van der Waals surface area contributed by atoms with Gasteiger partial charge in [0.1, 0.15) is 18.2 Å². The molecule has 178 valence electrons. The molecule has 0 spiro atoms. The fourth-order valence-corrected chi connectivity index (χ4v) is 5.86. The lowest BCUT2D eigenvalue weighted by atomic mass is 10.0. The first-order valence-electron chi connectivity index (χ1n) is 11.0. The predicted molar refractivity (Wildman–Crippen MR) is 137 cm³/mol. The van der Waals surface area contributed by atoms with Crippen molar-refractivity contribution in [2.75, 3.05) is 22.3 Å². The summed E-state index contributed by atoms with van der Waals surface area (Å²) in [5.41, 5.74) is 11.1. The van der Waals surface area contributed by atoms with Gasteiger partial charge in [0, 0.05) is 48.1 Å². The lowest BCUT2D eigenvalue weighted by molar-refractivity contribution is -0.121. The Morgan fingerprint density at radius 2 is 2.06 bits per heavy atom. The summed E-state index contributed by atoms with van der Waals surface area (Å²) < 4.78 is 17.1. The monoisotopic (exact) mass is 489 g/mol. The first-order valence-corrected chi connectivity index (χ1v) is 12.9. The van der Waals surface area contributed by atoms with Gasteiger partial charge in [0.2, 0.25) is 5.91 Å². The summed E-state index contributed by atoms with van der Waals surface area (Å²) in [4.78, 5) is 25.3. The minimum absolute atomic E-state index is 0.0539. The van der Waals surface area contributed by atoms with E-state index in [1.54, 1.807) is 17.1 Å². The smallest absolute Gasteiger partial charge is 0.241 e. The van der Waals surface area contributed by atoms with Crippen molar-refractivity contribution in [3.63, 3.8) is 0 Å².